The predicted molar refractivity (Wildman–Crippen MR) is 88.0 cm³/mol. The van der Waals surface area contributed by atoms with Crippen molar-refractivity contribution in [2.24, 2.45) is 0 Å². The van der Waals surface area contributed by atoms with E-state index in [-0.39, 0.29) is 0 Å². The van der Waals surface area contributed by atoms with Gasteiger partial charge in [-0.1, -0.05) is 11.2 Å². The first-order chi connectivity index (χ1) is 12.2. The van der Waals surface area contributed by atoms with E-state index in [1.54, 1.807) is 23.1 Å². The van der Waals surface area contributed by atoms with Crippen LogP contribution in [0.1, 0.15) is 17.3 Å². The lowest BCUT2D eigenvalue weighted by Crippen LogP contribution is -2.05. The molecule has 0 bridgehead atoms. The molecule has 1 N–H and O–H groups in total. The molecule has 9 nitrogen and oxygen atoms in total. The SMILES string of the molecule is Cc1ccc(NCc2nc(-c3ccco3)no2)cc1-n1nnnc1C. The summed E-state index contributed by atoms with van der Waals surface area (Å²) in [7, 11) is 0. The zero-order chi connectivity index (χ0) is 17.2. The first-order valence-corrected chi connectivity index (χ1v) is 7.67. The van der Waals surface area contributed by atoms with Gasteiger partial charge in [0.1, 0.15) is 0 Å². The van der Waals surface area contributed by atoms with Gasteiger partial charge in [0.25, 0.3) is 0 Å². The fourth-order valence-corrected chi connectivity index (χ4v) is 2.41. The highest BCUT2D eigenvalue weighted by Gasteiger charge is 2.11. The molecule has 0 atom stereocenters. The van der Waals surface area contributed by atoms with Crippen LogP contribution in [0.2, 0.25) is 0 Å². The maximum atomic E-state index is 5.25. The van der Waals surface area contributed by atoms with Gasteiger partial charge in [0.15, 0.2) is 11.6 Å². The molecule has 0 aliphatic rings. The maximum Gasteiger partial charge on any atom is 0.246 e. The summed E-state index contributed by atoms with van der Waals surface area (Å²) in [5.41, 5.74) is 2.88. The van der Waals surface area contributed by atoms with Crippen molar-refractivity contribution < 1.29 is 8.94 Å². The molecule has 0 amide bonds. The Morgan fingerprint density at radius 1 is 1.20 bits per heavy atom. The molecule has 0 fully saturated rings. The lowest BCUT2D eigenvalue weighted by Gasteiger charge is -2.10. The van der Waals surface area contributed by atoms with E-state index in [2.05, 4.69) is 31.0 Å². The zero-order valence-electron chi connectivity index (χ0n) is 13.7. The zero-order valence-corrected chi connectivity index (χ0v) is 13.7. The van der Waals surface area contributed by atoms with E-state index < -0.39 is 0 Å². The Labute approximate surface area is 142 Å². The van der Waals surface area contributed by atoms with Crippen LogP contribution in [-0.4, -0.2) is 30.3 Å². The van der Waals surface area contributed by atoms with E-state index in [9.17, 15) is 0 Å². The number of tetrazole rings is 1. The van der Waals surface area contributed by atoms with Crippen molar-refractivity contribution >= 4 is 5.69 Å². The number of anilines is 1. The third-order valence-electron chi connectivity index (χ3n) is 3.72. The van der Waals surface area contributed by atoms with Crippen molar-refractivity contribution in [3.05, 3.63) is 53.9 Å². The molecule has 0 aliphatic heterocycles. The Hall–Kier alpha value is -3.49. The van der Waals surface area contributed by atoms with Crippen molar-refractivity contribution in [1.82, 2.24) is 30.3 Å². The average Bonchev–Trinajstić information content (AvgIpc) is 3.35. The van der Waals surface area contributed by atoms with Gasteiger partial charge in [-0.3, -0.25) is 0 Å². The summed E-state index contributed by atoms with van der Waals surface area (Å²) in [6.07, 6.45) is 1.57. The smallest absolute Gasteiger partial charge is 0.246 e. The molecular weight excluding hydrogens is 322 g/mol. The minimum atomic E-state index is 0.394. The molecule has 0 saturated carbocycles. The van der Waals surface area contributed by atoms with Gasteiger partial charge in [-0.25, -0.2) is 0 Å². The lowest BCUT2D eigenvalue weighted by atomic mass is 10.2. The quantitative estimate of drug-likeness (QED) is 0.592. The van der Waals surface area contributed by atoms with Crippen molar-refractivity contribution in [2.75, 3.05) is 5.32 Å². The van der Waals surface area contributed by atoms with E-state index >= 15 is 0 Å². The third-order valence-corrected chi connectivity index (χ3v) is 3.72. The summed E-state index contributed by atoms with van der Waals surface area (Å²) in [6, 6.07) is 9.51. The summed E-state index contributed by atoms with van der Waals surface area (Å²) in [6.45, 7) is 4.26. The molecule has 3 heterocycles. The Morgan fingerprint density at radius 2 is 2.12 bits per heavy atom. The highest BCUT2D eigenvalue weighted by Crippen LogP contribution is 2.20. The fraction of sp³-hybridized carbons (Fsp3) is 0.188. The molecule has 0 unspecified atom stereocenters. The number of hydrogen-bond acceptors (Lipinski definition) is 8. The van der Waals surface area contributed by atoms with Crippen LogP contribution in [0, 0.1) is 13.8 Å². The Kier molecular flexibility index (Phi) is 3.73. The minimum Gasteiger partial charge on any atom is -0.461 e. The van der Waals surface area contributed by atoms with Gasteiger partial charge in [-0.05, 0) is 54.1 Å². The number of aryl methyl sites for hydroxylation is 2. The van der Waals surface area contributed by atoms with Crippen LogP contribution in [0.5, 0.6) is 0 Å². The van der Waals surface area contributed by atoms with E-state index in [0.29, 0.717) is 24.0 Å². The van der Waals surface area contributed by atoms with Crippen LogP contribution in [0.15, 0.2) is 45.5 Å². The van der Waals surface area contributed by atoms with Gasteiger partial charge in [0.05, 0.1) is 18.5 Å². The number of aromatic nitrogens is 6. The highest BCUT2D eigenvalue weighted by molar-refractivity contribution is 5.55. The third kappa shape index (κ3) is 2.99. The number of benzene rings is 1. The first kappa shape index (κ1) is 15.1. The normalized spacial score (nSPS) is 11.0. The molecule has 3 aromatic heterocycles. The molecule has 0 radical (unpaired) electrons. The molecule has 0 spiro atoms. The van der Waals surface area contributed by atoms with Gasteiger partial charge < -0.3 is 14.3 Å². The Bertz CT molecular complexity index is 988. The van der Waals surface area contributed by atoms with Crippen molar-refractivity contribution in [3.63, 3.8) is 0 Å². The fourth-order valence-electron chi connectivity index (χ4n) is 2.41. The second-order valence-electron chi connectivity index (χ2n) is 5.48. The van der Waals surface area contributed by atoms with Gasteiger partial charge in [-0.2, -0.15) is 9.67 Å². The number of furan rings is 1. The van der Waals surface area contributed by atoms with Crippen molar-refractivity contribution in [3.8, 4) is 17.3 Å². The minimum absolute atomic E-state index is 0.394. The molecule has 25 heavy (non-hydrogen) atoms. The second kappa shape index (κ2) is 6.19. The van der Waals surface area contributed by atoms with Crippen molar-refractivity contribution in [1.29, 1.82) is 0 Å². The van der Waals surface area contributed by atoms with E-state index in [1.807, 2.05) is 32.0 Å². The molecule has 9 heteroatoms. The summed E-state index contributed by atoms with van der Waals surface area (Å²) >= 11 is 0. The van der Waals surface area contributed by atoms with E-state index in [1.165, 1.54) is 0 Å². The number of nitrogens with zero attached hydrogens (tertiary/aromatic N) is 6. The second-order valence-corrected chi connectivity index (χ2v) is 5.48. The summed E-state index contributed by atoms with van der Waals surface area (Å²) in [4.78, 5) is 4.30. The van der Waals surface area contributed by atoms with Crippen molar-refractivity contribution in [2.45, 2.75) is 20.4 Å². The van der Waals surface area contributed by atoms with Gasteiger partial charge >= 0.3 is 0 Å². The number of hydrogen-bond donors (Lipinski definition) is 1. The van der Waals surface area contributed by atoms with Crippen LogP contribution >= 0.6 is 0 Å². The van der Waals surface area contributed by atoms with Gasteiger partial charge in [-0.15, -0.1) is 5.10 Å². The molecule has 4 aromatic rings. The first-order valence-electron chi connectivity index (χ1n) is 7.67. The van der Waals surface area contributed by atoms with Gasteiger partial charge in [0.2, 0.25) is 11.7 Å². The molecule has 126 valence electrons. The maximum absolute atomic E-state index is 5.25. The van der Waals surface area contributed by atoms with E-state index in [4.69, 9.17) is 8.94 Å². The summed E-state index contributed by atoms with van der Waals surface area (Å²) < 4.78 is 12.2. The Balaban J connectivity index is 1.51. The molecule has 4 rings (SSSR count). The standard InChI is InChI=1S/C16H15N7O2/c1-10-5-6-12(8-13(10)23-11(2)19-21-22-23)17-9-15-18-16(20-25-15)14-4-3-7-24-14/h3-8,17H,9H2,1-2H3. The van der Waals surface area contributed by atoms with Crippen LogP contribution < -0.4 is 5.32 Å². The molecule has 0 saturated heterocycles. The largest absolute Gasteiger partial charge is 0.461 e. The molecular formula is C16H15N7O2. The lowest BCUT2D eigenvalue weighted by molar-refractivity contribution is 0.382. The molecule has 1 aromatic carbocycles. The topological polar surface area (TPSA) is 108 Å². The monoisotopic (exact) mass is 337 g/mol. The Morgan fingerprint density at radius 3 is 2.88 bits per heavy atom. The molecule has 0 aliphatic carbocycles. The number of rotatable bonds is 5. The van der Waals surface area contributed by atoms with E-state index in [0.717, 1.165) is 22.8 Å². The predicted octanol–water partition coefficient (Wildman–Crippen LogP) is 2.53. The van der Waals surface area contributed by atoms with Crippen LogP contribution in [0.4, 0.5) is 5.69 Å². The summed E-state index contributed by atoms with van der Waals surface area (Å²) in [5, 5.41) is 18.8. The highest BCUT2D eigenvalue weighted by atomic mass is 16.5. The van der Waals surface area contributed by atoms with Gasteiger partial charge in [0, 0.05) is 5.69 Å². The van der Waals surface area contributed by atoms with Crippen LogP contribution in [0.3, 0.4) is 0 Å². The van der Waals surface area contributed by atoms with Crippen LogP contribution in [-0.2, 0) is 6.54 Å². The van der Waals surface area contributed by atoms with Crippen LogP contribution in [0.25, 0.3) is 17.3 Å². The number of nitrogens with one attached hydrogen (secondary N) is 1. The summed E-state index contributed by atoms with van der Waals surface area (Å²) in [5.74, 6) is 2.19. The average molecular weight is 337 g/mol.